The van der Waals surface area contributed by atoms with Crippen LogP contribution >= 0.6 is 12.4 Å². The zero-order chi connectivity index (χ0) is 15.3. The highest BCUT2D eigenvalue weighted by molar-refractivity contribution is 7.89. The number of piperidine rings is 1. The van der Waals surface area contributed by atoms with Crippen molar-refractivity contribution in [2.75, 3.05) is 26.2 Å². The van der Waals surface area contributed by atoms with Gasteiger partial charge >= 0.3 is 0 Å². The van der Waals surface area contributed by atoms with E-state index in [2.05, 4.69) is 19.2 Å². The SMILES string of the molecule is CCNCC1CCN(S(=O)(=O)c2ccc(CC)cc2)CC1.Cl. The van der Waals surface area contributed by atoms with Crippen molar-refractivity contribution >= 4 is 22.4 Å². The number of nitrogens with zero attached hydrogens (tertiary/aromatic N) is 1. The summed E-state index contributed by atoms with van der Waals surface area (Å²) in [6, 6.07) is 7.29. The Hall–Kier alpha value is -0.620. The largest absolute Gasteiger partial charge is 0.317 e. The molecule has 1 aromatic rings. The van der Waals surface area contributed by atoms with E-state index in [1.54, 1.807) is 16.4 Å². The lowest BCUT2D eigenvalue weighted by molar-refractivity contribution is 0.268. The third kappa shape index (κ3) is 4.69. The van der Waals surface area contributed by atoms with Gasteiger partial charge in [0, 0.05) is 13.1 Å². The van der Waals surface area contributed by atoms with Crippen LogP contribution in [0.5, 0.6) is 0 Å². The first-order valence-electron chi connectivity index (χ1n) is 7.87. The van der Waals surface area contributed by atoms with E-state index in [9.17, 15) is 8.42 Å². The molecule has 0 bridgehead atoms. The molecule has 1 aliphatic rings. The highest BCUT2D eigenvalue weighted by Crippen LogP contribution is 2.23. The van der Waals surface area contributed by atoms with Crippen LogP contribution in [0.1, 0.15) is 32.3 Å². The molecule has 6 heteroatoms. The van der Waals surface area contributed by atoms with Gasteiger partial charge in [-0.05, 0) is 56.0 Å². The number of benzene rings is 1. The van der Waals surface area contributed by atoms with Crippen LogP contribution in [0.4, 0.5) is 0 Å². The van der Waals surface area contributed by atoms with E-state index in [1.807, 2.05) is 12.1 Å². The Balaban J connectivity index is 0.00000242. The summed E-state index contributed by atoms with van der Waals surface area (Å²) in [6.45, 7) is 7.40. The van der Waals surface area contributed by atoms with Crippen molar-refractivity contribution < 1.29 is 8.42 Å². The summed E-state index contributed by atoms with van der Waals surface area (Å²) in [5, 5.41) is 3.35. The van der Waals surface area contributed by atoms with Crippen LogP contribution < -0.4 is 5.32 Å². The van der Waals surface area contributed by atoms with E-state index in [4.69, 9.17) is 0 Å². The van der Waals surface area contributed by atoms with Crippen LogP contribution in [0, 0.1) is 5.92 Å². The van der Waals surface area contributed by atoms with Crippen LogP contribution in [0.2, 0.25) is 0 Å². The van der Waals surface area contributed by atoms with Crippen molar-refractivity contribution in [2.45, 2.75) is 38.0 Å². The predicted octanol–water partition coefficient (Wildman–Crippen LogP) is 2.68. The molecule has 0 amide bonds. The van der Waals surface area contributed by atoms with Gasteiger partial charge < -0.3 is 5.32 Å². The number of hydrogen-bond donors (Lipinski definition) is 1. The lowest BCUT2D eigenvalue weighted by atomic mass is 9.98. The summed E-state index contributed by atoms with van der Waals surface area (Å²) in [5.41, 5.74) is 1.17. The maximum atomic E-state index is 12.6. The standard InChI is InChI=1S/C16H26N2O2S.ClH/c1-3-14-5-7-16(8-6-14)21(19,20)18-11-9-15(10-12-18)13-17-4-2;/h5-8,15,17H,3-4,9-13H2,1-2H3;1H. The minimum atomic E-state index is -3.32. The first kappa shape index (κ1) is 19.4. The van der Waals surface area contributed by atoms with Gasteiger partial charge in [0.1, 0.15) is 0 Å². The summed E-state index contributed by atoms with van der Waals surface area (Å²) in [6.07, 6.45) is 2.81. The minimum Gasteiger partial charge on any atom is -0.317 e. The van der Waals surface area contributed by atoms with Gasteiger partial charge in [-0.3, -0.25) is 0 Å². The molecule has 1 N–H and O–H groups in total. The Bertz CT molecular complexity index is 538. The monoisotopic (exact) mass is 346 g/mol. The Labute approximate surface area is 140 Å². The molecular weight excluding hydrogens is 320 g/mol. The average molecular weight is 347 g/mol. The van der Waals surface area contributed by atoms with Crippen LogP contribution in [-0.4, -0.2) is 38.9 Å². The third-order valence-electron chi connectivity index (χ3n) is 4.23. The smallest absolute Gasteiger partial charge is 0.243 e. The number of nitrogens with one attached hydrogen (secondary N) is 1. The second kappa shape index (κ2) is 8.87. The topological polar surface area (TPSA) is 49.4 Å². The molecule has 0 radical (unpaired) electrons. The third-order valence-corrected chi connectivity index (χ3v) is 6.14. The molecule has 0 aromatic heterocycles. The predicted molar refractivity (Wildman–Crippen MR) is 93.1 cm³/mol. The van der Waals surface area contributed by atoms with Crippen molar-refractivity contribution in [3.63, 3.8) is 0 Å². The van der Waals surface area contributed by atoms with Crippen molar-refractivity contribution in [2.24, 2.45) is 5.92 Å². The molecule has 4 nitrogen and oxygen atoms in total. The fraction of sp³-hybridized carbons (Fsp3) is 0.625. The lowest BCUT2D eigenvalue weighted by Crippen LogP contribution is -2.40. The maximum Gasteiger partial charge on any atom is 0.243 e. The minimum absolute atomic E-state index is 0. The molecule has 2 rings (SSSR count). The molecule has 22 heavy (non-hydrogen) atoms. The fourth-order valence-electron chi connectivity index (χ4n) is 2.75. The molecule has 126 valence electrons. The van der Waals surface area contributed by atoms with Gasteiger partial charge in [-0.25, -0.2) is 8.42 Å². The zero-order valence-corrected chi connectivity index (χ0v) is 15.0. The number of aryl methyl sites for hydroxylation is 1. The molecule has 0 spiro atoms. The average Bonchev–Trinajstić information content (AvgIpc) is 2.53. The normalized spacial score (nSPS) is 17.2. The zero-order valence-electron chi connectivity index (χ0n) is 13.4. The van der Waals surface area contributed by atoms with Crippen LogP contribution in [0.15, 0.2) is 29.2 Å². The second-order valence-corrected chi connectivity index (χ2v) is 7.59. The summed E-state index contributed by atoms with van der Waals surface area (Å²) in [7, 11) is -3.32. The Kier molecular flexibility index (Phi) is 7.83. The van der Waals surface area contributed by atoms with E-state index < -0.39 is 10.0 Å². The van der Waals surface area contributed by atoms with Crippen LogP contribution in [0.25, 0.3) is 0 Å². The molecule has 1 heterocycles. The molecule has 0 unspecified atom stereocenters. The van der Waals surface area contributed by atoms with Crippen LogP contribution in [-0.2, 0) is 16.4 Å². The molecule has 0 saturated carbocycles. The maximum absolute atomic E-state index is 12.6. The van der Waals surface area contributed by atoms with Crippen LogP contribution in [0.3, 0.4) is 0 Å². The van der Waals surface area contributed by atoms with Gasteiger partial charge in [0.2, 0.25) is 10.0 Å². The summed E-state index contributed by atoms with van der Waals surface area (Å²) < 4.78 is 26.9. The number of hydrogen-bond acceptors (Lipinski definition) is 3. The summed E-state index contributed by atoms with van der Waals surface area (Å²) >= 11 is 0. The van der Waals surface area contributed by atoms with Gasteiger partial charge in [0.25, 0.3) is 0 Å². The highest BCUT2D eigenvalue weighted by Gasteiger charge is 2.28. The molecule has 1 saturated heterocycles. The first-order valence-corrected chi connectivity index (χ1v) is 9.31. The van der Waals surface area contributed by atoms with Gasteiger partial charge in [-0.2, -0.15) is 4.31 Å². The van der Waals surface area contributed by atoms with Gasteiger partial charge in [-0.1, -0.05) is 26.0 Å². The molecule has 1 fully saturated rings. The molecule has 0 aliphatic carbocycles. The van der Waals surface area contributed by atoms with E-state index in [1.165, 1.54) is 5.56 Å². The Morgan fingerprint density at radius 3 is 2.23 bits per heavy atom. The van der Waals surface area contributed by atoms with E-state index in [0.717, 1.165) is 32.4 Å². The van der Waals surface area contributed by atoms with Gasteiger partial charge in [0.05, 0.1) is 4.90 Å². The van der Waals surface area contributed by atoms with Crippen molar-refractivity contribution in [1.82, 2.24) is 9.62 Å². The van der Waals surface area contributed by atoms with E-state index in [0.29, 0.717) is 23.9 Å². The molecule has 1 aromatic carbocycles. The summed E-state index contributed by atoms with van der Waals surface area (Å²) in [5.74, 6) is 0.596. The Morgan fingerprint density at radius 2 is 1.73 bits per heavy atom. The second-order valence-electron chi connectivity index (χ2n) is 5.65. The lowest BCUT2D eigenvalue weighted by Gasteiger charge is -2.31. The van der Waals surface area contributed by atoms with Gasteiger partial charge in [0.15, 0.2) is 0 Å². The summed E-state index contributed by atoms with van der Waals surface area (Å²) in [4.78, 5) is 0.421. The van der Waals surface area contributed by atoms with Crippen molar-refractivity contribution in [3.05, 3.63) is 29.8 Å². The first-order chi connectivity index (χ1) is 10.1. The highest BCUT2D eigenvalue weighted by atomic mass is 35.5. The molecule has 0 atom stereocenters. The van der Waals surface area contributed by atoms with Crippen molar-refractivity contribution in [1.29, 1.82) is 0 Å². The quantitative estimate of drug-likeness (QED) is 0.861. The number of halogens is 1. The number of rotatable bonds is 6. The molecule has 1 aliphatic heterocycles. The fourth-order valence-corrected chi connectivity index (χ4v) is 4.22. The van der Waals surface area contributed by atoms with Crippen molar-refractivity contribution in [3.8, 4) is 0 Å². The molecular formula is C16H27ClN2O2S. The van der Waals surface area contributed by atoms with E-state index in [-0.39, 0.29) is 12.4 Å². The Morgan fingerprint density at radius 1 is 1.14 bits per heavy atom. The van der Waals surface area contributed by atoms with Gasteiger partial charge in [-0.15, -0.1) is 12.4 Å². The number of sulfonamides is 1. The van der Waals surface area contributed by atoms with E-state index >= 15 is 0 Å².